The predicted octanol–water partition coefficient (Wildman–Crippen LogP) is 5.40. The average Bonchev–Trinajstić information content (AvgIpc) is 2.68. The Balaban J connectivity index is 1.94. The van der Waals surface area contributed by atoms with E-state index in [0.717, 1.165) is 30.6 Å². The minimum atomic E-state index is 0.261. The lowest BCUT2D eigenvalue weighted by Crippen LogP contribution is -2.47. The van der Waals surface area contributed by atoms with Crippen molar-refractivity contribution in [2.45, 2.75) is 72.6 Å². The maximum atomic E-state index is 12.4. The molecule has 0 heterocycles. The summed E-state index contributed by atoms with van der Waals surface area (Å²) < 4.78 is 0. The summed E-state index contributed by atoms with van der Waals surface area (Å²) in [6.45, 7) is 13.6. The Morgan fingerprint density at radius 1 is 1.14 bits per heavy atom. The molecule has 6 atom stereocenters. The van der Waals surface area contributed by atoms with Crippen LogP contribution in [0.25, 0.3) is 0 Å². The van der Waals surface area contributed by atoms with E-state index in [1.807, 2.05) is 0 Å². The molecule has 3 fully saturated rings. The lowest BCUT2D eigenvalue weighted by Gasteiger charge is -2.54. The van der Waals surface area contributed by atoms with Crippen LogP contribution in [0.1, 0.15) is 72.6 Å². The molecule has 0 N–H and O–H groups in total. The molecule has 21 heavy (non-hydrogen) atoms. The molecule has 3 aliphatic rings. The summed E-state index contributed by atoms with van der Waals surface area (Å²) in [5.41, 5.74) is 2.10. The smallest absolute Gasteiger partial charge is 0.136 e. The molecule has 118 valence electrons. The van der Waals surface area contributed by atoms with Crippen molar-refractivity contribution < 1.29 is 4.79 Å². The van der Waals surface area contributed by atoms with E-state index in [2.05, 4.69) is 34.3 Å². The largest absolute Gasteiger partial charge is 0.299 e. The van der Waals surface area contributed by atoms with Gasteiger partial charge in [-0.15, -0.1) is 0 Å². The van der Waals surface area contributed by atoms with Crippen LogP contribution >= 0.6 is 0 Å². The first kappa shape index (κ1) is 15.3. The number of carbonyl (C=O) groups excluding carboxylic acids is 1. The van der Waals surface area contributed by atoms with Gasteiger partial charge in [-0.2, -0.15) is 0 Å². The summed E-state index contributed by atoms with van der Waals surface area (Å²) in [5.74, 6) is 3.10. The van der Waals surface area contributed by atoms with Gasteiger partial charge in [-0.3, -0.25) is 4.79 Å². The number of carbonyl (C=O) groups is 1. The van der Waals surface area contributed by atoms with Gasteiger partial charge < -0.3 is 0 Å². The normalized spacial score (nSPS) is 50.2. The minimum absolute atomic E-state index is 0.261. The van der Waals surface area contributed by atoms with Gasteiger partial charge in [-0.05, 0) is 74.0 Å². The summed E-state index contributed by atoms with van der Waals surface area (Å²) in [6, 6.07) is 0. The Labute approximate surface area is 130 Å². The molecule has 0 aromatic heterocycles. The molecule has 3 rings (SSSR count). The first-order valence-electron chi connectivity index (χ1n) is 8.96. The summed E-state index contributed by atoms with van der Waals surface area (Å²) in [7, 11) is 0. The van der Waals surface area contributed by atoms with Crippen LogP contribution < -0.4 is 0 Å². The number of fused-ring (bicyclic) bond motifs is 3. The fraction of sp³-hybridized carbons (Fsp3) is 0.850. The van der Waals surface area contributed by atoms with E-state index in [0.29, 0.717) is 11.2 Å². The molecule has 0 aromatic carbocycles. The quantitative estimate of drug-likeness (QED) is 0.590. The third kappa shape index (κ3) is 2.23. The van der Waals surface area contributed by atoms with Gasteiger partial charge in [-0.1, -0.05) is 32.9 Å². The van der Waals surface area contributed by atoms with E-state index in [-0.39, 0.29) is 11.3 Å². The number of Topliss-reactive ketones (excluding diaryl/α,β-unsaturated/α-hetero) is 1. The lowest BCUT2D eigenvalue weighted by molar-refractivity contribution is -0.126. The summed E-state index contributed by atoms with van der Waals surface area (Å²) >= 11 is 0. The van der Waals surface area contributed by atoms with Gasteiger partial charge in [0.1, 0.15) is 5.78 Å². The highest BCUT2D eigenvalue weighted by Gasteiger charge is 2.58. The van der Waals surface area contributed by atoms with Crippen LogP contribution in [0.3, 0.4) is 0 Å². The third-order valence-corrected chi connectivity index (χ3v) is 7.64. The van der Waals surface area contributed by atoms with Crippen molar-refractivity contribution in [2.24, 2.45) is 34.5 Å². The third-order valence-electron chi connectivity index (χ3n) is 7.64. The highest BCUT2D eigenvalue weighted by atomic mass is 16.1. The van der Waals surface area contributed by atoms with E-state index in [1.165, 1.54) is 37.7 Å². The maximum Gasteiger partial charge on any atom is 0.136 e. The topological polar surface area (TPSA) is 17.1 Å². The Kier molecular flexibility index (Phi) is 3.62. The number of rotatable bonds is 1. The van der Waals surface area contributed by atoms with Crippen LogP contribution in [-0.4, -0.2) is 5.78 Å². The second-order valence-electron chi connectivity index (χ2n) is 8.97. The highest BCUT2D eigenvalue weighted by molar-refractivity contribution is 5.81. The summed E-state index contributed by atoms with van der Waals surface area (Å²) in [4.78, 5) is 12.4. The molecular formula is C20H32O. The van der Waals surface area contributed by atoms with Gasteiger partial charge in [0.15, 0.2) is 0 Å². The first-order valence-corrected chi connectivity index (χ1v) is 8.96. The Bertz CT molecular complexity index is 464. The van der Waals surface area contributed by atoms with Crippen LogP contribution in [0.4, 0.5) is 0 Å². The van der Waals surface area contributed by atoms with Crippen LogP contribution in [0.2, 0.25) is 0 Å². The van der Waals surface area contributed by atoms with E-state index in [1.54, 1.807) is 0 Å². The lowest BCUT2D eigenvalue weighted by atomic mass is 9.50. The molecule has 0 amide bonds. The van der Waals surface area contributed by atoms with Crippen molar-refractivity contribution in [1.29, 1.82) is 0 Å². The number of allylic oxidation sites excluding steroid dienone is 1. The van der Waals surface area contributed by atoms with Crippen LogP contribution in [0.15, 0.2) is 12.2 Å². The molecule has 0 bridgehead atoms. The van der Waals surface area contributed by atoms with Crippen molar-refractivity contribution in [2.75, 3.05) is 0 Å². The van der Waals surface area contributed by atoms with Gasteiger partial charge in [-0.25, -0.2) is 0 Å². The van der Waals surface area contributed by atoms with E-state index in [9.17, 15) is 4.79 Å². The monoisotopic (exact) mass is 288 g/mol. The molecule has 0 radical (unpaired) electrons. The number of hydrogen-bond donors (Lipinski definition) is 0. The molecular weight excluding hydrogens is 256 g/mol. The fourth-order valence-electron chi connectivity index (χ4n) is 6.36. The van der Waals surface area contributed by atoms with Crippen molar-refractivity contribution in [3.8, 4) is 0 Å². The zero-order valence-corrected chi connectivity index (χ0v) is 14.4. The van der Waals surface area contributed by atoms with Crippen LogP contribution in [0.5, 0.6) is 0 Å². The molecule has 1 heteroatoms. The molecule has 0 unspecified atom stereocenters. The Hall–Kier alpha value is -0.590. The molecule has 0 aromatic rings. The zero-order chi connectivity index (χ0) is 15.4. The second-order valence-corrected chi connectivity index (χ2v) is 8.97. The first-order chi connectivity index (χ1) is 9.78. The van der Waals surface area contributed by atoms with E-state index in [4.69, 9.17) is 0 Å². The maximum absolute atomic E-state index is 12.4. The minimum Gasteiger partial charge on any atom is -0.299 e. The van der Waals surface area contributed by atoms with E-state index >= 15 is 0 Å². The summed E-state index contributed by atoms with van der Waals surface area (Å²) in [5, 5.41) is 0. The van der Waals surface area contributed by atoms with Gasteiger partial charge in [0.2, 0.25) is 0 Å². The Morgan fingerprint density at radius 2 is 1.86 bits per heavy atom. The van der Waals surface area contributed by atoms with Gasteiger partial charge in [0.25, 0.3) is 0 Å². The second kappa shape index (κ2) is 4.96. The van der Waals surface area contributed by atoms with Gasteiger partial charge in [0.05, 0.1) is 0 Å². The van der Waals surface area contributed by atoms with E-state index < -0.39 is 0 Å². The van der Waals surface area contributed by atoms with Crippen molar-refractivity contribution in [3.63, 3.8) is 0 Å². The number of hydrogen-bond acceptors (Lipinski definition) is 1. The molecule has 0 saturated heterocycles. The molecule has 3 aliphatic carbocycles. The van der Waals surface area contributed by atoms with Crippen molar-refractivity contribution in [1.82, 2.24) is 0 Å². The molecule has 0 aliphatic heterocycles. The predicted molar refractivity (Wildman–Crippen MR) is 88.0 cm³/mol. The highest BCUT2D eigenvalue weighted by Crippen LogP contribution is 2.66. The van der Waals surface area contributed by atoms with Crippen LogP contribution in [0, 0.1) is 34.5 Å². The fourth-order valence-corrected chi connectivity index (χ4v) is 6.36. The van der Waals surface area contributed by atoms with Gasteiger partial charge >= 0.3 is 0 Å². The molecule has 0 spiro atoms. The average molecular weight is 288 g/mol. The summed E-state index contributed by atoms with van der Waals surface area (Å²) in [6.07, 6.45) is 8.44. The number of ketones is 1. The zero-order valence-electron chi connectivity index (χ0n) is 14.4. The van der Waals surface area contributed by atoms with Gasteiger partial charge in [0, 0.05) is 12.3 Å². The Morgan fingerprint density at radius 3 is 2.52 bits per heavy atom. The molecule has 1 nitrogen and oxygen atoms in total. The molecule has 3 saturated carbocycles. The van der Waals surface area contributed by atoms with Crippen molar-refractivity contribution >= 4 is 5.78 Å². The standard InChI is InChI=1S/C20H32O/c1-13(2)15-8-11-20(5)16(15)9-10-19(4)12-17(21)14(3)6-7-18(19)20/h14-16,18H,1,6-12H2,2-5H3/t14-,15+,16-,18-,19-,20-/m1/s1. The SMILES string of the molecule is C=C(C)[C@@H]1CC[C@]2(C)[C@@H]1CC[C@]1(C)CC(=O)[C@H](C)CC[C@H]12. The van der Waals surface area contributed by atoms with Crippen LogP contribution in [-0.2, 0) is 4.79 Å². The van der Waals surface area contributed by atoms with Crippen molar-refractivity contribution in [3.05, 3.63) is 12.2 Å².